The molecule has 11 heteroatoms. The molecule has 1 unspecified atom stereocenters. The second-order valence-electron chi connectivity index (χ2n) is 9.77. The van der Waals surface area contributed by atoms with E-state index in [1.807, 2.05) is 0 Å². The summed E-state index contributed by atoms with van der Waals surface area (Å²) in [4.78, 5) is 42.5. The molecule has 0 spiro atoms. The third kappa shape index (κ3) is 4.91. The van der Waals surface area contributed by atoms with Gasteiger partial charge in [-0.25, -0.2) is 23.7 Å². The number of anilines is 1. The molecular formula is C25H27F3N6O2. The van der Waals surface area contributed by atoms with Crippen molar-refractivity contribution in [1.82, 2.24) is 24.8 Å². The van der Waals surface area contributed by atoms with Crippen molar-refractivity contribution in [3.63, 3.8) is 0 Å². The highest BCUT2D eigenvalue weighted by Gasteiger charge is 2.35. The van der Waals surface area contributed by atoms with Crippen molar-refractivity contribution in [2.24, 2.45) is 5.92 Å². The van der Waals surface area contributed by atoms with E-state index in [2.05, 4.69) is 25.3 Å². The van der Waals surface area contributed by atoms with Crippen LogP contribution in [0.2, 0.25) is 0 Å². The fourth-order valence-electron chi connectivity index (χ4n) is 5.01. The normalized spacial score (nSPS) is 20.6. The number of likely N-dealkylation sites (tertiary alicyclic amines) is 1. The van der Waals surface area contributed by atoms with Crippen molar-refractivity contribution < 1.29 is 22.8 Å². The van der Waals surface area contributed by atoms with E-state index in [9.17, 15) is 22.8 Å². The van der Waals surface area contributed by atoms with Crippen LogP contribution in [0.3, 0.4) is 0 Å². The van der Waals surface area contributed by atoms with Gasteiger partial charge in [-0.2, -0.15) is 4.39 Å². The monoisotopic (exact) mass is 500 g/mol. The Bertz CT molecular complexity index is 1300. The second kappa shape index (κ2) is 9.51. The fourth-order valence-corrected chi connectivity index (χ4v) is 5.01. The molecule has 0 bridgehead atoms. The van der Waals surface area contributed by atoms with Crippen LogP contribution < -0.4 is 5.32 Å². The maximum atomic E-state index is 15.0. The van der Waals surface area contributed by atoms with Crippen LogP contribution >= 0.6 is 0 Å². The average Bonchev–Trinajstić information content (AvgIpc) is 3.28. The van der Waals surface area contributed by atoms with Crippen LogP contribution in [0.5, 0.6) is 0 Å². The predicted molar refractivity (Wildman–Crippen MR) is 126 cm³/mol. The number of hydrogen-bond donors (Lipinski definition) is 2. The molecule has 1 saturated carbocycles. The molecule has 36 heavy (non-hydrogen) atoms. The van der Waals surface area contributed by atoms with E-state index >= 15 is 0 Å². The van der Waals surface area contributed by atoms with Crippen molar-refractivity contribution in [1.29, 1.82) is 0 Å². The number of fused-ring (bicyclic) bond motifs is 1. The number of ketones is 1. The van der Waals surface area contributed by atoms with Crippen LogP contribution in [-0.4, -0.2) is 62.1 Å². The average molecular weight is 501 g/mol. The molecule has 0 radical (unpaired) electrons. The number of hydrogen-bond acceptors (Lipinski definition) is 6. The number of nitrogens with one attached hydrogen (secondary N) is 2. The molecule has 1 amide bonds. The number of aromatic nitrogens is 4. The largest absolute Gasteiger partial charge is 0.366 e. The first-order valence-corrected chi connectivity index (χ1v) is 12.1. The van der Waals surface area contributed by atoms with Gasteiger partial charge in [-0.15, -0.1) is 0 Å². The lowest BCUT2D eigenvalue weighted by atomic mass is 9.84. The summed E-state index contributed by atoms with van der Waals surface area (Å²) in [6.45, 7) is 0.607. The SMILES string of the molecule is CN1CCC(Nc2ncnc3[nH]cc(C(=O)c4ccc(CC5CCC(F)(F)CC5)nc4F)c23)CC1=O. The number of carbonyl (C=O) groups is 2. The topological polar surface area (TPSA) is 104 Å². The molecule has 2 aliphatic rings. The number of piperidine rings is 1. The van der Waals surface area contributed by atoms with Crippen LogP contribution in [0.4, 0.5) is 19.0 Å². The zero-order valence-corrected chi connectivity index (χ0v) is 19.9. The van der Waals surface area contributed by atoms with E-state index in [0.717, 1.165) is 6.42 Å². The van der Waals surface area contributed by atoms with E-state index in [0.29, 0.717) is 54.8 Å². The van der Waals surface area contributed by atoms with Gasteiger partial charge < -0.3 is 15.2 Å². The lowest BCUT2D eigenvalue weighted by molar-refractivity contribution is -0.132. The maximum Gasteiger partial charge on any atom is 0.248 e. The maximum absolute atomic E-state index is 15.0. The van der Waals surface area contributed by atoms with Gasteiger partial charge in [0.05, 0.1) is 16.5 Å². The zero-order chi connectivity index (χ0) is 25.4. The van der Waals surface area contributed by atoms with Crippen molar-refractivity contribution in [3.05, 3.63) is 47.4 Å². The van der Waals surface area contributed by atoms with E-state index in [1.165, 1.54) is 18.6 Å². The lowest BCUT2D eigenvalue weighted by Gasteiger charge is -2.29. The Balaban J connectivity index is 1.36. The molecular weight excluding hydrogens is 473 g/mol. The fraction of sp³-hybridized carbons (Fsp3) is 0.480. The summed E-state index contributed by atoms with van der Waals surface area (Å²) < 4.78 is 41.8. The number of carbonyl (C=O) groups excluding carboxylic acids is 2. The molecule has 1 saturated heterocycles. The van der Waals surface area contributed by atoms with Gasteiger partial charge in [-0.1, -0.05) is 0 Å². The molecule has 1 aliphatic carbocycles. The van der Waals surface area contributed by atoms with Gasteiger partial charge in [0.15, 0.2) is 5.78 Å². The highest BCUT2D eigenvalue weighted by molar-refractivity contribution is 6.18. The van der Waals surface area contributed by atoms with Crippen LogP contribution in [0.1, 0.15) is 60.1 Å². The smallest absolute Gasteiger partial charge is 0.248 e. The molecule has 2 fully saturated rings. The first kappa shape index (κ1) is 24.2. The van der Waals surface area contributed by atoms with Crippen molar-refractivity contribution in [3.8, 4) is 0 Å². The molecule has 1 aliphatic heterocycles. The summed E-state index contributed by atoms with van der Waals surface area (Å²) in [6, 6.07) is 2.82. The van der Waals surface area contributed by atoms with Crippen molar-refractivity contribution in [2.45, 2.75) is 56.9 Å². The van der Waals surface area contributed by atoms with Gasteiger partial charge in [0.25, 0.3) is 0 Å². The van der Waals surface area contributed by atoms with E-state index in [1.54, 1.807) is 18.0 Å². The van der Waals surface area contributed by atoms with Crippen molar-refractivity contribution >= 4 is 28.5 Å². The standard InChI is InChI=1S/C25H27F3N6O2/c1-34-9-6-16(11-19(34)35)33-24-20-18(12-29-23(20)30-13-31-24)21(36)17-3-2-15(32-22(17)26)10-14-4-7-25(27,28)8-5-14/h2-3,12-14,16H,4-11H2,1H3,(H2,29,30,31,33). The quantitative estimate of drug-likeness (QED) is 0.390. The Hall–Kier alpha value is -3.50. The van der Waals surface area contributed by atoms with Crippen LogP contribution in [0.25, 0.3) is 11.0 Å². The number of aromatic amines is 1. The van der Waals surface area contributed by atoms with E-state index in [-0.39, 0.29) is 41.8 Å². The minimum absolute atomic E-state index is 0.0175. The molecule has 3 aromatic heterocycles. The number of rotatable bonds is 6. The minimum atomic E-state index is -2.62. The van der Waals surface area contributed by atoms with Crippen molar-refractivity contribution in [2.75, 3.05) is 18.9 Å². The molecule has 190 valence electrons. The summed E-state index contributed by atoms with van der Waals surface area (Å²) in [7, 11) is 1.76. The zero-order valence-electron chi connectivity index (χ0n) is 19.9. The molecule has 1 atom stereocenters. The van der Waals surface area contributed by atoms with Crippen LogP contribution in [-0.2, 0) is 11.2 Å². The Morgan fingerprint density at radius 1 is 1.19 bits per heavy atom. The molecule has 8 nitrogen and oxygen atoms in total. The Labute approximate surface area is 205 Å². The summed E-state index contributed by atoms with van der Waals surface area (Å²) >= 11 is 0. The Morgan fingerprint density at radius 3 is 2.69 bits per heavy atom. The summed E-state index contributed by atoms with van der Waals surface area (Å²) in [5, 5.41) is 3.67. The highest BCUT2D eigenvalue weighted by atomic mass is 19.3. The molecule has 0 aromatic carbocycles. The predicted octanol–water partition coefficient (Wildman–Crippen LogP) is 4.12. The Kier molecular flexibility index (Phi) is 6.40. The first-order chi connectivity index (χ1) is 17.2. The van der Waals surface area contributed by atoms with Gasteiger partial charge in [-0.05, 0) is 43.7 Å². The lowest BCUT2D eigenvalue weighted by Crippen LogP contribution is -2.41. The number of nitrogens with zero attached hydrogens (tertiary/aromatic N) is 4. The van der Waals surface area contributed by atoms with Crippen LogP contribution in [0.15, 0.2) is 24.7 Å². The molecule has 2 N–H and O–H groups in total. The van der Waals surface area contributed by atoms with Gasteiger partial charge >= 0.3 is 0 Å². The third-order valence-corrected chi connectivity index (χ3v) is 7.20. The van der Waals surface area contributed by atoms with E-state index < -0.39 is 17.7 Å². The number of halogens is 3. The van der Waals surface area contributed by atoms with Crippen LogP contribution in [0, 0.1) is 11.9 Å². The molecule has 3 aromatic rings. The number of amides is 1. The number of alkyl halides is 2. The number of H-pyrrole nitrogens is 1. The first-order valence-electron chi connectivity index (χ1n) is 12.1. The second-order valence-corrected chi connectivity index (χ2v) is 9.77. The molecule has 4 heterocycles. The third-order valence-electron chi connectivity index (χ3n) is 7.20. The van der Waals surface area contributed by atoms with E-state index in [4.69, 9.17) is 0 Å². The van der Waals surface area contributed by atoms with Gasteiger partial charge in [-0.3, -0.25) is 9.59 Å². The number of pyridine rings is 1. The molecule has 5 rings (SSSR count). The highest BCUT2D eigenvalue weighted by Crippen LogP contribution is 2.37. The summed E-state index contributed by atoms with van der Waals surface area (Å²) in [5.41, 5.74) is 0.847. The Morgan fingerprint density at radius 2 is 1.97 bits per heavy atom. The van der Waals surface area contributed by atoms with Gasteiger partial charge in [0.2, 0.25) is 17.8 Å². The summed E-state index contributed by atoms with van der Waals surface area (Å²) in [5.74, 6) is -3.67. The summed E-state index contributed by atoms with van der Waals surface area (Å²) in [6.07, 6.45) is 4.63. The van der Waals surface area contributed by atoms with Gasteiger partial charge in [0, 0.05) is 50.8 Å². The van der Waals surface area contributed by atoms with Gasteiger partial charge in [0.1, 0.15) is 17.8 Å². The minimum Gasteiger partial charge on any atom is -0.366 e.